The molecule has 0 aliphatic carbocycles. The number of hydrogen-bond acceptors (Lipinski definition) is 3. The second-order valence-corrected chi connectivity index (χ2v) is 7.73. The van der Waals surface area contributed by atoms with Crippen molar-refractivity contribution in [1.82, 2.24) is 4.90 Å². The van der Waals surface area contributed by atoms with Gasteiger partial charge in [0, 0.05) is 29.0 Å². The molecule has 0 N–H and O–H groups in total. The van der Waals surface area contributed by atoms with Crippen LogP contribution in [0.2, 0.25) is 0 Å². The van der Waals surface area contributed by atoms with Gasteiger partial charge in [0.2, 0.25) is 5.91 Å². The predicted octanol–water partition coefficient (Wildman–Crippen LogP) is 4.02. The third kappa shape index (κ3) is 4.28. The first kappa shape index (κ1) is 17.7. The van der Waals surface area contributed by atoms with E-state index in [0.717, 1.165) is 42.1 Å². The van der Waals surface area contributed by atoms with Crippen LogP contribution in [0.3, 0.4) is 0 Å². The summed E-state index contributed by atoms with van der Waals surface area (Å²) in [4.78, 5) is 30.4. The highest BCUT2D eigenvalue weighted by Crippen LogP contribution is 2.22. The van der Waals surface area contributed by atoms with E-state index in [-0.39, 0.29) is 18.4 Å². The molecule has 1 aromatic heterocycles. The van der Waals surface area contributed by atoms with Crippen LogP contribution in [0.15, 0.2) is 35.7 Å². The number of piperidine rings is 1. The number of thiophene rings is 1. The lowest BCUT2D eigenvalue weighted by Gasteiger charge is -2.30. The second-order valence-electron chi connectivity index (χ2n) is 6.62. The maximum Gasteiger partial charge on any atom is 0.259 e. The molecule has 0 unspecified atom stereocenters. The molecule has 4 nitrogen and oxygen atoms in total. The van der Waals surface area contributed by atoms with Gasteiger partial charge in [-0.05, 0) is 56.9 Å². The molecule has 2 heterocycles. The van der Waals surface area contributed by atoms with Crippen molar-refractivity contribution >= 4 is 28.8 Å². The maximum absolute atomic E-state index is 13.1. The maximum atomic E-state index is 13.1. The van der Waals surface area contributed by atoms with Gasteiger partial charge in [-0.3, -0.25) is 14.5 Å². The quantitative estimate of drug-likeness (QED) is 0.830. The monoisotopic (exact) mass is 356 g/mol. The third-order valence-electron chi connectivity index (χ3n) is 4.54. The van der Waals surface area contributed by atoms with Crippen LogP contribution in [-0.2, 0) is 4.79 Å². The molecule has 1 fully saturated rings. The van der Waals surface area contributed by atoms with Crippen molar-refractivity contribution in [2.45, 2.75) is 33.1 Å². The SMILES string of the molecule is Cc1cccc(N(CC(=O)N2CCCCC2)C(=O)c2csc(C)c2)c1. The lowest BCUT2D eigenvalue weighted by atomic mass is 10.1. The number of likely N-dealkylation sites (tertiary alicyclic amines) is 1. The van der Waals surface area contributed by atoms with Crippen molar-refractivity contribution in [1.29, 1.82) is 0 Å². The van der Waals surface area contributed by atoms with Crippen molar-refractivity contribution in [3.63, 3.8) is 0 Å². The Bertz CT molecular complexity index is 763. The fourth-order valence-corrected chi connectivity index (χ4v) is 3.84. The summed E-state index contributed by atoms with van der Waals surface area (Å²) in [7, 11) is 0. The molecule has 5 heteroatoms. The number of rotatable bonds is 4. The lowest BCUT2D eigenvalue weighted by Crippen LogP contribution is -2.44. The van der Waals surface area contributed by atoms with Gasteiger partial charge >= 0.3 is 0 Å². The Balaban J connectivity index is 1.86. The fourth-order valence-electron chi connectivity index (χ4n) is 3.17. The minimum atomic E-state index is -0.111. The Hall–Kier alpha value is -2.14. The van der Waals surface area contributed by atoms with Crippen molar-refractivity contribution in [3.05, 3.63) is 51.7 Å². The van der Waals surface area contributed by atoms with E-state index in [0.29, 0.717) is 5.56 Å². The summed E-state index contributed by atoms with van der Waals surface area (Å²) in [6.07, 6.45) is 3.28. The fraction of sp³-hybridized carbons (Fsp3) is 0.400. The molecule has 0 radical (unpaired) electrons. The van der Waals surface area contributed by atoms with Gasteiger partial charge in [-0.2, -0.15) is 0 Å². The van der Waals surface area contributed by atoms with Crippen molar-refractivity contribution in [2.24, 2.45) is 0 Å². The van der Waals surface area contributed by atoms with E-state index in [1.807, 2.05) is 54.5 Å². The molecule has 25 heavy (non-hydrogen) atoms. The van der Waals surface area contributed by atoms with Gasteiger partial charge in [-0.25, -0.2) is 0 Å². The summed E-state index contributed by atoms with van der Waals surface area (Å²) in [5.74, 6) is -0.0817. The van der Waals surface area contributed by atoms with Crippen LogP contribution in [0.4, 0.5) is 5.69 Å². The molecule has 2 aromatic rings. The first-order valence-electron chi connectivity index (χ1n) is 8.76. The molecule has 0 spiro atoms. The molecule has 0 atom stereocenters. The van der Waals surface area contributed by atoms with Crippen molar-refractivity contribution in [2.75, 3.05) is 24.5 Å². The molecule has 1 aliphatic rings. The standard InChI is InChI=1S/C20H24N2O2S/c1-15-7-6-8-18(11-15)22(20(24)17-12-16(2)25-14-17)13-19(23)21-9-4-3-5-10-21/h6-8,11-12,14H,3-5,9-10,13H2,1-2H3. The number of amides is 2. The minimum absolute atomic E-state index is 0.0292. The van der Waals surface area contributed by atoms with Gasteiger partial charge in [-0.1, -0.05) is 12.1 Å². The van der Waals surface area contributed by atoms with Gasteiger partial charge in [0.15, 0.2) is 0 Å². The Morgan fingerprint density at radius 2 is 1.88 bits per heavy atom. The van der Waals surface area contributed by atoms with Gasteiger partial charge < -0.3 is 4.90 Å². The zero-order valence-corrected chi connectivity index (χ0v) is 15.6. The summed E-state index contributed by atoms with van der Waals surface area (Å²) in [6.45, 7) is 5.67. The van der Waals surface area contributed by atoms with Crippen LogP contribution in [0, 0.1) is 13.8 Å². The zero-order chi connectivity index (χ0) is 17.8. The summed E-state index contributed by atoms with van der Waals surface area (Å²) in [6, 6.07) is 9.66. The molecule has 1 saturated heterocycles. The molecular formula is C20H24N2O2S. The molecule has 132 valence electrons. The van der Waals surface area contributed by atoms with E-state index in [2.05, 4.69) is 0 Å². The first-order chi connectivity index (χ1) is 12.0. The lowest BCUT2D eigenvalue weighted by molar-refractivity contribution is -0.130. The first-order valence-corrected chi connectivity index (χ1v) is 9.64. The highest BCUT2D eigenvalue weighted by molar-refractivity contribution is 7.10. The normalized spacial score (nSPS) is 14.4. The molecule has 2 amide bonds. The van der Waals surface area contributed by atoms with E-state index < -0.39 is 0 Å². The van der Waals surface area contributed by atoms with Gasteiger partial charge in [0.25, 0.3) is 5.91 Å². The molecule has 1 aromatic carbocycles. The number of benzene rings is 1. The molecular weight excluding hydrogens is 332 g/mol. The van der Waals surface area contributed by atoms with Crippen LogP contribution in [0.1, 0.15) is 40.1 Å². The Kier molecular flexibility index (Phi) is 5.53. The van der Waals surface area contributed by atoms with E-state index in [4.69, 9.17) is 0 Å². The van der Waals surface area contributed by atoms with Crippen molar-refractivity contribution < 1.29 is 9.59 Å². The topological polar surface area (TPSA) is 40.6 Å². The molecule has 0 bridgehead atoms. The highest BCUT2D eigenvalue weighted by Gasteiger charge is 2.25. The van der Waals surface area contributed by atoms with Crippen LogP contribution < -0.4 is 4.90 Å². The van der Waals surface area contributed by atoms with Gasteiger partial charge in [0.1, 0.15) is 6.54 Å². The summed E-state index contributed by atoms with van der Waals surface area (Å²) < 4.78 is 0. The second kappa shape index (κ2) is 7.83. The number of nitrogens with zero attached hydrogens (tertiary/aromatic N) is 2. The van der Waals surface area contributed by atoms with Gasteiger partial charge in [0.05, 0.1) is 5.56 Å². The summed E-state index contributed by atoms with van der Waals surface area (Å²) >= 11 is 1.55. The molecule has 0 saturated carbocycles. The minimum Gasteiger partial charge on any atom is -0.341 e. The Labute approximate surface area is 153 Å². The third-order valence-corrected chi connectivity index (χ3v) is 5.40. The van der Waals surface area contributed by atoms with Crippen molar-refractivity contribution in [3.8, 4) is 0 Å². The number of carbonyl (C=O) groups excluding carboxylic acids is 2. The average molecular weight is 356 g/mol. The molecule has 1 aliphatic heterocycles. The van der Waals surface area contributed by atoms with Crippen LogP contribution in [0.5, 0.6) is 0 Å². The number of hydrogen-bond donors (Lipinski definition) is 0. The van der Waals surface area contributed by atoms with E-state index in [9.17, 15) is 9.59 Å². The summed E-state index contributed by atoms with van der Waals surface area (Å²) in [5, 5.41) is 1.87. The van der Waals surface area contributed by atoms with E-state index >= 15 is 0 Å². The number of carbonyl (C=O) groups is 2. The van der Waals surface area contributed by atoms with E-state index in [1.165, 1.54) is 6.42 Å². The zero-order valence-electron chi connectivity index (χ0n) is 14.8. The number of anilines is 1. The largest absolute Gasteiger partial charge is 0.341 e. The Morgan fingerprint density at radius 1 is 1.12 bits per heavy atom. The predicted molar refractivity (Wildman–Crippen MR) is 102 cm³/mol. The highest BCUT2D eigenvalue weighted by atomic mass is 32.1. The van der Waals surface area contributed by atoms with Gasteiger partial charge in [-0.15, -0.1) is 11.3 Å². The number of aryl methyl sites for hydroxylation is 2. The molecule has 3 rings (SSSR count). The summed E-state index contributed by atoms with van der Waals surface area (Å²) in [5.41, 5.74) is 2.50. The van der Waals surface area contributed by atoms with Crippen LogP contribution in [-0.4, -0.2) is 36.3 Å². The van der Waals surface area contributed by atoms with E-state index in [1.54, 1.807) is 16.2 Å². The smallest absolute Gasteiger partial charge is 0.259 e. The average Bonchev–Trinajstić information content (AvgIpc) is 3.06. The van der Waals surface area contributed by atoms with Crippen LogP contribution >= 0.6 is 11.3 Å². The Morgan fingerprint density at radius 3 is 2.52 bits per heavy atom. The van der Waals surface area contributed by atoms with Crippen LogP contribution in [0.25, 0.3) is 0 Å².